The summed E-state index contributed by atoms with van der Waals surface area (Å²) in [7, 11) is 0. The van der Waals surface area contributed by atoms with E-state index in [1.165, 1.54) is 11.1 Å². The third kappa shape index (κ3) is 3.34. The monoisotopic (exact) mass is 557 g/mol. The minimum Gasteiger partial charge on any atom is -0.389 e. The molecule has 0 radical (unpaired) electrons. The van der Waals surface area contributed by atoms with Gasteiger partial charge in [-0.25, -0.2) is 0 Å². The van der Waals surface area contributed by atoms with Gasteiger partial charge in [0.2, 0.25) is 0 Å². The Bertz CT molecular complexity index is 1410. The van der Waals surface area contributed by atoms with Crippen molar-refractivity contribution >= 4 is 5.78 Å². The average Bonchev–Trinajstić information content (AvgIpc) is 3.45. The number of hydrogen-bond donors (Lipinski definition) is 2. The molecule has 41 heavy (non-hydrogen) atoms. The normalized spacial score (nSPS) is 43.5. The summed E-state index contributed by atoms with van der Waals surface area (Å²) >= 11 is 0. The molecule has 0 bridgehead atoms. The summed E-state index contributed by atoms with van der Waals surface area (Å²) in [6.45, 7) is 7.63. The van der Waals surface area contributed by atoms with Crippen molar-refractivity contribution in [2.24, 2.45) is 28.1 Å². The molecule has 5 aliphatic carbocycles. The Labute approximate surface area is 242 Å². The fourth-order valence-electron chi connectivity index (χ4n) is 10.8. The number of benzene rings is 1. The Morgan fingerprint density at radius 1 is 0.951 bits per heavy atom. The fraction of sp³-hybridized carbons (Fsp3) is 0.657. The molecule has 2 N–H and O–H groups in total. The number of aromatic nitrogens is 1. The molecule has 1 aromatic carbocycles. The average molecular weight is 558 g/mol. The van der Waals surface area contributed by atoms with Crippen molar-refractivity contribution in [2.45, 2.75) is 101 Å². The van der Waals surface area contributed by atoms with Crippen LogP contribution in [0.4, 0.5) is 0 Å². The Morgan fingerprint density at radius 2 is 1.76 bits per heavy atom. The molecule has 0 amide bonds. The van der Waals surface area contributed by atoms with Crippen LogP contribution in [0.2, 0.25) is 0 Å². The summed E-state index contributed by atoms with van der Waals surface area (Å²) in [6.07, 6.45) is 9.36. The minimum absolute atomic E-state index is 0.00348. The Kier molecular flexibility index (Phi) is 5.35. The minimum atomic E-state index is -1.15. The Morgan fingerprint density at radius 3 is 2.51 bits per heavy atom. The Hall–Kier alpha value is -2.12. The molecule has 6 heteroatoms. The van der Waals surface area contributed by atoms with Gasteiger partial charge in [0, 0.05) is 53.8 Å². The number of fused-ring (bicyclic) bond motifs is 5. The van der Waals surface area contributed by atoms with Crippen molar-refractivity contribution in [2.75, 3.05) is 13.2 Å². The van der Waals surface area contributed by atoms with Crippen molar-refractivity contribution in [3.63, 3.8) is 0 Å². The zero-order valence-corrected chi connectivity index (χ0v) is 24.6. The number of ether oxygens (including phenoxy) is 2. The van der Waals surface area contributed by atoms with Crippen molar-refractivity contribution in [1.82, 2.24) is 4.98 Å². The molecule has 1 aliphatic heterocycles. The maximum Gasteiger partial charge on any atom is 0.171 e. The molecule has 2 heterocycles. The quantitative estimate of drug-likeness (QED) is 0.475. The number of hydrogen-bond acceptors (Lipinski definition) is 6. The van der Waals surface area contributed by atoms with Crippen LogP contribution in [0, 0.1) is 28.1 Å². The largest absolute Gasteiger partial charge is 0.389 e. The number of carbonyl (C=O) groups is 1. The number of nitrogens with zero attached hydrogens (tertiary/aromatic N) is 1. The highest BCUT2D eigenvalue weighted by Crippen LogP contribution is 2.75. The summed E-state index contributed by atoms with van der Waals surface area (Å²) in [4.78, 5) is 17.5. The zero-order chi connectivity index (χ0) is 28.5. The van der Waals surface area contributed by atoms with Crippen LogP contribution in [0.1, 0.15) is 89.2 Å². The molecule has 4 saturated carbocycles. The lowest BCUT2D eigenvalue weighted by molar-refractivity contribution is -0.376. The van der Waals surface area contributed by atoms with Crippen LogP contribution < -0.4 is 0 Å². The van der Waals surface area contributed by atoms with Gasteiger partial charge in [-0.3, -0.25) is 9.78 Å². The number of aliphatic hydroxyl groups is 2. The lowest BCUT2D eigenvalue weighted by atomic mass is 9.38. The van der Waals surface area contributed by atoms with E-state index in [2.05, 4.69) is 50.0 Å². The topological polar surface area (TPSA) is 88.9 Å². The first kappa shape index (κ1) is 26.5. The smallest absolute Gasteiger partial charge is 0.171 e. The van der Waals surface area contributed by atoms with Gasteiger partial charge in [0.25, 0.3) is 0 Å². The molecule has 8 rings (SSSR count). The summed E-state index contributed by atoms with van der Waals surface area (Å²) in [5.74, 6) is -0.428. The van der Waals surface area contributed by atoms with Gasteiger partial charge in [-0.15, -0.1) is 0 Å². The molecule has 2 spiro atoms. The van der Waals surface area contributed by atoms with E-state index in [-0.39, 0.29) is 28.6 Å². The van der Waals surface area contributed by atoms with Gasteiger partial charge >= 0.3 is 0 Å². The summed E-state index contributed by atoms with van der Waals surface area (Å²) in [6, 6.07) is 10.7. The van der Waals surface area contributed by atoms with Crippen LogP contribution >= 0.6 is 0 Å². The summed E-state index contributed by atoms with van der Waals surface area (Å²) in [5, 5.41) is 26.2. The maximum absolute atomic E-state index is 13.2. The molecule has 6 aliphatic rings. The van der Waals surface area contributed by atoms with Gasteiger partial charge in [0.1, 0.15) is 5.78 Å². The molecular weight excluding hydrogens is 514 g/mol. The van der Waals surface area contributed by atoms with Crippen molar-refractivity contribution in [3.05, 3.63) is 53.9 Å². The highest BCUT2D eigenvalue weighted by molar-refractivity contribution is 5.87. The highest BCUT2D eigenvalue weighted by Gasteiger charge is 2.78. The molecule has 1 unspecified atom stereocenters. The second-order valence-corrected chi connectivity index (χ2v) is 15.5. The van der Waals surface area contributed by atoms with E-state index in [1.54, 1.807) is 6.20 Å². The van der Waals surface area contributed by atoms with E-state index < -0.39 is 22.4 Å². The van der Waals surface area contributed by atoms with E-state index in [0.29, 0.717) is 63.9 Å². The Balaban J connectivity index is 1.28. The van der Waals surface area contributed by atoms with Crippen LogP contribution in [0.3, 0.4) is 0 Å². The van der Waals surface area contributed by atoms with Gasteiger partial charge in [-0.1, -0.05) is 45.0 Å². The van der Waals surface area contributed by atoms with E-state index in [4.69, 9.17) is 9.47 Å². The molecule has 6 nitrogen and oxygen atoms in total. The first-order valence-electron chi connectivity index (χ1n) is 15.7. The number of Topliss-reactive ketones (excluding diaryl/α,β-unsaturated/α-hetero) is 1. The molecular formula is C35H43NO5. The fourth-order valence-corrected chi connectivity index (χ4v) is 10.8. The third-order valence-corrected chi connectivity index (χ3v) is 12.8. The number of carbonyl (C=O) groups excluding carboxylic acids is 1. The van der Waals surface area contributed by atoms with Crippen LogP contribution in [-0.4, -0.2) is 51.2 Å². The van der Waals surface area contributed by atoms with Crippen LogP contribution in [0.15, 0.2) is 42.7 Å². The number of rotatable bonds is 1. The van der Waals surface area contributed by atoms with Crippen LogP contribution in [0.5, 0.6) is 0 Å². The molecule has 1 saturated heterocycles. The van der Waals surface area contributed by atoms with Crippen molar-refractivity contribution in [1.29, 1.82) is 0 Å². The summed E-state index contributed by atoms with van der Waals surface area (Å²) < 4.78 is 13.2. The first-order valence-corrected chi connectivity index (χ1v) is 15.7. The number of ketones is 1. The van der Waals surface area contributed by atoms with Gasteiger partial charge in [0.15, 0.2) is 5.79 Å². The predicted octanol–water partition coefficient (Wildman–Crippen LogP) is 5.59. The van der Waals surface area contributed by atoms with E-state index in [9.17, 15) is 15.0 Å². The number of pyridine rings is 1. The van der Waals surface area contributed by atoms with E-state index in [1.807, 2.05) is 12.3 Å². The van der Waals surface area contributed by atoms with Crippen molar-refractivity contribution in [3.8, 4) is 11.1 Å². The third-order valence-electron chi connectivity index (χ3n) is 12.8. The second-order valence-electron chi connectivity index (χ2n) is 15.5. The SMILES string of the molecule is CC1(C)COC2(CC3c4ccc(-c5cccnc5)cc4C[C@@]34[C@@](O)(CC[C@H]3[C@@H]5CCC(=O)[C@@]5(C)CC[C@@]34O)C2)OC1. The van der Waals surface area contributed by atoms with Gasteiger partial charge in [-0.05, 0) is 78.7 Å². The summed E-state index contributed by atoms with van der Waals surface area (Å²) in [5.41, 5.74) is 1.18. The standard InChI is InChI=1S/C35H43NO5/c1-30(2)20-40-33(41-21-30)17-28-25-7-6-22(23-5-4-14-36-18-23)15-24(25)16-34(28)32(38,19-33)11-10-27-26-8-9-29(37)31(26,3)12-13-35(27,34)39/h4-7,14-15,18,26-28,38-39H,8-13,16-17,19-21H2,1-3H3/t26-,27-,28?,31-,32+,34-,35+/m0/s1. The molecule has 1 aromatic heterocycles. The molecule has 7 atom stereocenters. The lowest BCUT2D eigenvalue weighted by Gasteiger charge is -2.70. The van der Waals surface area contributed by atoms with Crippen LogP contribution in [-0.2, 0) is 20.7 Å². The second kappa shape index (κ2) is 8.28. The van der Waals surface area contributed by atoms with Gasteiger partial charge in [0.05, 0.1) is 24.4 Å². The lowest BCUT2D eigenvalue weighted by Crippen LogP contribution is -2.76. The highest BCUT2D eigenvalue weighted by atomic mass is 16.7. The van der Waals surface area contributed by atoms with Crippen molar-refractivity contribution < 1.29 is 24.5 Å². The van der Waals surface area contributed by atoms with Gasteiger partial charge in [-0.2, -0.15) is 0 Å². The predicted molar refractivity (Wildman–Crippen MR) is 154 cm³/mol. The molecule has 2 aromatic rings. The van der Waals surface area contributed by atoms with E-state index >= 15 is 0 Å². The van der Waals surface area contributed by atoms with Gasteiger partial charge < -0.3 is 19.7 Å². The molecule has 5 fully saturated rings. The zero-order valence-electron chi connectivity index (χ0n) is 24.6. The first-order chi connectivity index (χ1) is 19.4. The van der Waals surface area contributed by atoms with E-state index in [0.717, 1.165) is 24.0 Å². The maximum atomic E-state index is 13.2. The van der Waals surface area contributed by atoms with Crippen LogP contribution in [0.25, 0.3) is 11.1 Å². The molecule has 218 valence electrons.